The fourth-order valence-electron chi connectivity index (χ4n) is 2.18. The van der Waals surface area contributed by atoms with E-state index in [4.69, 9.17) is 23.2 Å². The summed E-state index contributed by atoms with van der Waals surface area (Å²) in [5.74, 6) is 1.69. The van der Waals surface area contributed by atoms with Crippen molar-refractivity contribution in [3.05, 3.63) is 35.4 Å². The maximum absolute atomic E-state index is 11.9. The van der Waals surface area contributed by atoms with Gasteiger partial charge in [-0.25, -0.2) is 0 Å². The molecular weight excluding hydrogens is 313 g/mol. The molecule has 1 amide bonds. The average Bonchev–Trinajstić information content (AvgIpc) is 2.97. The van der Waals surface area contributed by atoms with Crippen LogP contribution in [0.4, 0.5) is 0 Å². The molecule has 2 atom stereocenters. The molecule has 0 aliphatic heterocycles. The van der Waals surface area contributed by atoms with E-state index in [2.05, 4.69) is 18.3 Å². The van der Waals surface area contributed by atoms with Gasteiger partial charge in [0.15, 0.2) is 0 Å². The van der Waals surface area contributed by atoms with Crippen LogP contribution in [0.3, 0.4) is 0 Å². The second-order valence-electron chi connectivity index (χ2n) is 5.32. The molecule has 1 aliphatic rings. The minimum Gasteiger partial charge on any atom is -0.349 e. The van der Waals surface area contributed by atoms with Crippen LogP contribution < -0.4 is 5.32 Å². The third kappa shape index (κ3) is 4.31. The fraction of sp³-hybridized carbons (Fsp3) is 0.533. The quantitative estimate of drug-likeness (QED) is 0.795. The minimum atomic E-state index is -0.544. The van der Waals surface area contributed by atoms with Crippen LogP contribution in [0.1, 0.15) is 30.5 Å². The number of hydrogen-bond donors (Lipinski definition) is 1. The lowest BCUT2D eigenvalue weighted by atomic mass is 10.0. The smallest absolute Gasteiger partial charge is 0.230 e. The van der Waals surface area contributed by atoms with Gasteiger partial charge in [-0.2, -0.15) is 11.8 Å². The van der Waals surface area contributed by atoms with Gasteiger partial charge in [0.1, 0.15) is 4.33 Å². The van der Waals surface area contributed by atoms with Crippen molar-refractivity contribution in [2.45, 2.75) is 30.6 Å². The van der Waals surface area contributed by atoms with E-state index >= 15 is 0 Å². The van der Waals surface area contributed by atoms with Crippen LogP contribution in [-0.4, -0.2) is 21.7 Å². The van der Waals surface area contributed by atoms with Crippen molar-refractivity contribution in [3.63, 3.8) is 0 Å². The molecular formula is C15H19Cl2NOS. The maximum atomic E-state index is 11.9. The van der Waals surface area contributed by atoms with Crippen molar-refractivity contribution in [2.24, 2.45) is 5.92 Å². The Morgan fingerprint density at radius 3 is 2.75 bits per heavy atom. The predicted octanol–water partition coefficient (Wildman–Crippen LogP) is 4.10. The van der Waals surface area contributed by atoms with Gasteiger partial charge >= 0.3 is 0 Å². The Balaban J connectivity index is 1.73. The zero-order chi connectivity index (χ0) is 14.8. The zero-order valence-electron chi connectivity index (χ0n) is 11.7. The summed E-state index contributed by atoms with van der Waals surface area (Å²) in [5, 5.41) is 3.03. The van der Waals surface area contributed by atoms with E-state index in [1.54, 1.807) is 11.8 Å². The van der Waals surface area contributed by atoms with Gasteiger partial charge in [-0.3, -0.25) is 4.79 Å². The van der Waals surface area contributed by atoms with Crippen LogP contribution in [-0.2, 0) is 4.79 Å². The molecule has 0 unspecified atom stereocenters. The number of hydrogen-bond acceptors (Lipinski definition) is 2. The highest BCUT2D eigenvalue weighted by atomic mass is 35.5. The van der Waals surface area contributed by atoms with Crippen molar-refractivity contribution in [1.29, 1.82) is 0 Å². The third-order valence-corrected chi connectivity index (χ3v) is 5.57. The summed E-state index contributed by atoms with van der Waals surface area (Å²) >= 11 is 13.5. The topological polar surface area (TPSA) is 29.1 Å². The summed E-state index contributed by atoms with van der Waals surface area (Å²) in [5.41, 5.74) is 2.36. The van der Waals surface area contributed by atoms with Crippen LogP contribution >= 0.6 is 35.0 Å². The minimum absolute atomic E-state index is 0.0327. The maximum Gasteiger partial charge on any atom is 0.230 e. The van der Waals surface area contributed by atoms with Gasteiger partial charge < -0.3 is 5.32 Å². The van der Waals surface area contributed by atoms with E-state index in [-0.39, 0.29) is 11.9 Å². The molecule has 0 bridgehead atoms. The Bertz CT molecular complexity index is 493. The van der Waals surface area contributed by atoms with Crippen molar-refractivity contribution < 1.29 is 4.79 Å². The molecule has 2 nitrogen and oxygen atoms in total. The van der Waals surface area contributed by atoms with Gasteiger partial charge in [0.25, 0.3) is 0 Å². The summed E-state index contributed by atoms with van der Waals surface area (Å²) in [6.45, 7) is 4.06. The number of nitrogens with one attached hydrogen (secondary N) is 1. The average molecular weight is 332 g/mol. The summed E-state index contributed by atoms with van der Waals surface area (Å²) in [6.07, 6.45) is 0.838. The van der Waals surface area contributed by atoms with E-state index in [1.165, 1.54) is 5.56 Å². The summed E-state index contributed by atoms with van der Waals surface area (Å²) in [7, 11) is 0. The van der Waals surface area contributed by atoms with Gasteiger partial charge in [-0.15, -0.1) is 23.2 Å². The number of carbonyl (C=O) groups is 1. The SMILES string of the molecule is Cc1ccccc1[C@@H](C)NC(=O)CSC[C@@H]1CC1(Cl)Cl. The van der Waals surface area contributed by atoms with Crippen LogP contribution in [0.5, 0.6) is 0 Å². The predicted molar refractivity (Wildman–Crippen MR) is 87.6 cm³/mol. The van der Waals surface area contributed by atoms with Crippen LogP contribution in [0.25, 0.3) is 0 Å². The van der Waals surface area contributed by atoms with Gasteiger partial charge in [0.2, 0.25) is 5.91 Å². The van der Waals surface area contributed by atoms with E-state index in [0.29, 0.717) is 11.7 Å². The number of aryl methyl sites for hydroxylation is 1. The first kappa shape index (κ1) is 16.0. The molecule has 5 heteroatoms. The second kappa shape index (κ2) is 6.59. The number of benzene rings is 1. The molecule has 0 heterocycles. The highest BCUT2D eigenvalue weighted by molar-refractivity contribution is 7.99. The molecule has 0 spiro atoms. The van der Waals surface area contributed by atoms with Crippen LogP contribution in [0.2, 0.25) is 0 Å². The van der Waals surface area contributed by atoms with Crippen molar-refractivity contribution in [2.75, 3.05) is 11.5 Å². The Morgan fingerprint density at radius 1 is 1.50 bits per heavy atom. The highest BCUT2D eigenvalue weighted by Crippen LogP contribution is 2.54. The van der Waals surface area contributed by atoms with Gasteiger partial charge in [-0.1, -0.05) is 24.3 Å². The first-order valence-corrected chi connectivity index (χ1v) is 8.61. The molecule has 1 aliphatic carbocycles. The number of thioether (sulfide) groups is 1. The molecule has 110 valence electrons. The molecule has 1 saturated carbocycles. The molecule has 1 aromatic rings. The number of rotatable bonds is 6. The summed E-state index contributed by atoms with van der Waals surface area (Å²) < 4.78 is -0.544. The fourth-order valence-corrected chi connectivity index (χ4v) is 3.96. The monoisotopic (exact) mass is 331 g/mol. The lowest BCUT2D eigenvalue weighted by Crippen LogP contribution is -2.28. The molecule has 2 rings (SSSR count). The standard InChI is InChI=1S/C15H19Cl2NOS/c1-10-5-3-4-6-13(10)11(2)18-14(19)9-20-8-12-7-15(12,16)17/h3-6,11-12H,7-9H2,1-2H3,(H,18,19)/t11-,12+/m1/s1. The number of alkyl halides is 2. The Morgan fingerprint density at radius 2 is 2.15 bits per heavy atom. The lowest BCUT2D eigenvalue weighted by molar-refractivity contribution is -0.119. The van der Waals surface area contributed by atoms with Crippen molar-refractivity contribution >= 4 is 40.9 Å². The van der Waals surface area contributed by atoms with E-state index in [9.17, 15) is 4.79 Å². The number of halogens is 2. The first-order valence-electron chi connectivity index (χ1n) is 6.70. The second-order valence-corrected chi connectivity index (χ2v) is 7.90. The van der Waals surface area contributed by atoms with Gasteiger partial charge in [0.05, 0.1) is 11.8 Å². The third-order valence-electron chi connectivity index (χ3n) is 3.54. The van der Waals surface area contributed by atoms with Gasteiger partial charge in [-0.05, 0) is 37.1 Å². The Hall–Kier alpha value is -0.380. The lowest BCUT2D eigenvalue weighted by Gasteiger charge is -2.16. The molecule has 0 radical (unpaired) electrons. The van der Waals surface area contributed by atoms with Gasteiger partial charge in [0, 0.05) is 5.92 Å². The highest BCUT2D eigenvalue weighted by Gasteiger charge is 2.51. The first-order chi connectivity index (χ1) is 9.40. The molecule has 1 N–H and O–H groups in total. The molecule has 1 aromatic carbocycles. The summed E-state index contributed by atoms with van der Waals surface area (Å²) in [4.78, 5) is 11.9. The zero-order valence-corrected chi connectivity index (χ0v) is 14.0. The molecule has 20 heavy (non-hydrogen) atoms. The molecule has 0 saturated heterocycles. The van der Waals surface area contributed by atoms with Crippen LogP contribution in [0, 0.1) is 12.8 Å². The van der Waals surface area contributed by atoms with Crippen molar-refractivity contribution in [1.82, 2.24) is 5.32 Å². The normalized spacial score (nSPS) is 21.3. The number of amides is 1. The van der Waals surface area contributed by atoms with Crippen LogP contribution in [0.15, 0.2) is 24.3 Å². The van der Waals surface area contributed by atoms with E-state index < -0.39 is 4.33 Å². The number of carbonyl (C=O) groups excluding carboxylic acids is 1. The molecule has 1 fully saturated rings. The molecule has 0 aromatic heterocycles. The van der Waals surface area contributed by atoms with E-state index in [1.807, 2.05) is 25.1 Å². The summed E-state index contributed by atoms with van der Waals surface area (Å²) in [6, 6.07) is 8.13. The van der Waals surface area contributed by atoms with Crippen molar-refractivity contribution in [3.8, 4) is 0 Å². The Kier molecular flexibility index (Phi) is 5.27. The Labute approximate surface area is 134 Å². The van der Waals surface area contributed by atoms with E-state index in [0.717, 1.165) is 17.7 Å². The largest absolute Gasteiger partial charge is 0.349 e.